The van der Waals surface area contributed by atoms with E-state index in [0.717, 1.165) is 25.2 Å². The largest absolute Gasteiger partial charge is 0.480 e. The summed E-state index contributed by atoms with van der Waals surface area (Å²) in [7, 11) is 0. The second-order valence-corrected chi connectivity index (χ2v) is 6.03. The molecule has 0 aromatic heterocycles. The molecule has 1 aliphatic heterocycles. The maximum Gasteiger partial charge on any atom is 0.322 e. The summed E-state index contributed by atoms with van der Waals surface area (Å²) in [5.41, 5.74) is 2.39. The first-order valence-electron chi connectivity index (χ1n) is 7.99. The molecule has 0 unspecified atom stereocenters. The molecule has 0 radical (unpaired) electrons. The lowest BCUT2D eigenvalue weighted by Crippen LogP contribution is -2.55. The van der Waals surface area contributed by atoms with Crippen LogP contribution in [0.4, 0.5) is 0 Å². The van der Waals surface area contributed by atoms with Crippen LogP contribution in [-0.2, 0) is 17.9 Å². The van der Waals surface area contributed by atoms with Crippen molar-refractivity contribution >= 4 is 5.97 Å². The van der Waals surface area contributed by atoms with E-state index in [2.05, 4.69) is 34.1 Å². The van der Waals surface area contributed by atoms with E-state index in [1.807, 2.05) is 36.4 Å². The number of piperazine rings is 1. The first kappa shape index (κ1) is 15.7. The van der Waals surface area contributed by atoms with Gasteiger partial charge in [-0.25, -0.2) is 0 Å². The van der Waals surface area contributed by atoms with Crippen LogP contribution in [0.2, 0.25) is 0 Å². The van der Waals surface area contributed by atoms with Gasteiger partial charge in [0.25, 0.3) is 0 Å². The Kier molecular flexibility index (Phi) is 5.05. The SMILES string of the molecule is O=C(O)[C@@H]1CN(Cc2ccccc2)CCN1Cc1ccccc1. The highest BCUT2D eigenvalue weighted by atomic mass is 16.4. The number of rotatable bonds is 5. The van der Waals surface area contributed by atoms with Gasteiger partial charge in [-0.2, -0.15) is 0 Å². The van der Waals surface area contributed by atoms with Crippen LogP contribution >= 0.6 is 0 Å². The lowest BCUT2D eigenvalue weighted by Gasteiger charge is -2.39. The van der Waals surface area contributed by atoms with E-state index in [4.69, 9.17) is 0 Å². The Morgan fingerprint density at radius 1 is 0.913 bits per heavy atom. The fourth-order valence-corrected chi connectivity index (χ4v) is 3.10. The van der Waals surface area contributed by atoms with Crippen molar-refractivity contribution in [1.29, 1.82) is 0 Å². The standard InChI is InChI=1S/C19H22N2O2/c22-19(23)18-15-20(13-16-7-3-1-4-8-16)11-12-21(18)14-17-9-5-2-6-10-17/h1-10,18H,11-15H2,(H,22,23)/t18-/m0/s1. The van der Waals surface area contributed by atoms with Gasteiger partial charge in [0.05, 0.1) is 0 Å². The van der Waals surface area contributed by atoms with Crippen LogP contribution in [0.3, 0.4) is 0 Å². The zero-order valence-corrected chi connectivity index (χ0v) is 13.1. The van der Waals surface area contributed by atoms with Crippen molar-refractivity contribution < 1.29 is 9.90 Å². The summed E-state index contributed by atoms with van der Waals surface area (Å²) in [5.74, 6) is -0.737. The molecule has 2 aromatic carbocycles. The Bertz CT molecular complexity index is 630. The molecule has 2 aromatic rings. The third-order valence-corrected chi connectivity index (χ3v) is 4.34. The van der Waals surface area contributed by atoms with Gasteiger partial charge in [-0.1, -0.05) is 60.7 Å². The van der Waals surface area contributed by atoms with Crippen LogP contribution in [-0.4, -0.2) is 46.6 Å². The summed E-state index contributed by atoms with van der Waals surface area (Å²) in [6, 6.07) is 19.9. The van der Waals surface area contributed by atoms with Crippen LogP contribution in [0.5, 0.6) is 0 Å². The van der Waals surface area contributed by atoms with Crippen molar-refractivity contribution in [1.82, 2.24) is 9.80 Å². The molecular weight excluding hydrogens is 288 g/mol. The van der Waals surface area contributed by atoms with Crippen LogP contribution in [0.1, 0.15) is 11.1 Å². The number of hydrogen-bond donors (Lipinski definition) is 1. The molecule has 3 rings (SSSR count). The molecule has 0 spiro atoms. The monoisotopic (exact) mass is 310 g/mol. The molecule has 0 amide bonds. The lowest BCUT2D eigenvalue weighted by molar-refractivity contribution is -0.146. The summed E-state index contributed by atoms with van der Waals surface area (Å²) in [6.07, 6.45) is 0. The van der Waals surface area contributed by atoms with E-state index in [0.29, 0.717) is 13.1 Å². The van der Waals surface area contributed by atoms with E-state index in [9.17, 15) is 9.90 Å². The summed E-state index contributed by atoms with van der Waals surface area (Å²) >= 11 is 0. The first-order valence-corrected chi connectivity index (χ1v) is 7.99. The number of hydrogen-bond acceptors (Lipinski definition) is 3. The normalized spacial score (nSPS) is 19.6. The molecule has 1 aliphatic rings. The fraction of sp³-hybridized carbons (Fsp3) is 0.316. The molecule has 1 N–H and O–H groups in total. The van der Waals surface area contributed by atoms with Gasteiger partial charge in [-0.15, -0.1) is 0 Å². The average molecular weight is 310 g/mol. The van der Waals surface area contributed by atoms with Gasteiger partial charge in [-0.05, 0) is 11.1 Å². The van der Waals surface area contributed by atoms with Crippen LogP contribution in [0, 0.1) is 0 Å². The Morgan fingerprint density at radius 3 is 2.04 bits per heavy atom. The second-order valence-electron chi connectivity index (χ2n) is 6.03. The topological polar surface area (TPSA) is 43.8 Å². The fourth-order valence-electron chi connectivity index (χ4n) is 3.10. The first-order chi connectivity index (χ1) is 11.2. The lowest BCUT2D eigenvalue weighted by atomic mass is 10.1. The number of carboxylic acid groups (broad SMARTS) is 1. The average Bonchev–Trinajstić information content (AvgIpc) is 2.58. The maximum absolute atomic E-state index is 11.7. The number of benzene rings is 2. The highest BCUT2D eigenvalue weighted by Gasteiger charge is 2.32. The number of carboxylic acids is 1. The Hall–Kier alpha value is -2.17. The number of aliphatic carboxylic acids is 1. The molecule has 120 valence electrons. The third-order valence-electron chi connectivity index (χ3n) is 4.34. The van der Waals surface area contributed by atoms with Crippen molar-refractivity contribution in [2.24, 2.45) is 0 Å². The van der Waals surface area contributed by atoms with Crippen molar-refractivity contribution in [3.63, 3.8) is 0 Å². The molecule has 0 bridgehead atoms. The predicted molar refractivity (Wildman–Crippen MR) is 90.0 cm³/mol. The van der Waals surface area contributed by atoms with Crippen molar-refractivity contribution in [3.05, 3.63) is 71.8 Å². The molecule has 4 heteroatoms. The summed E-state index contributed by atoms with van der Waals surface area (Å²) in [4.78, 5) is 16.0. The van der Waals surface area contributed by atoms with Gasteiger partial charge in [-0.3, -0.25) is 14.6 Å². The Labute approximate surface area is 137 Å². The van der Waals surface area contributed by atoms with Crippen LogP contribution < -0.4 is 0 Å². The predicted octanol–water partition coefficient (Wildman–Crippen LogP) is 2.46. The molecule has 1 atom stereocenters. The molecule has 0 aliphatic carbocycles. The summed E-state index contributed by atoms with van der Waals surface area (Å²) in [5, 5.41) is 9.60. The minimum Gasteiger partial charge on any atom is -0.480 e. The van der Waals surface area contributed by atoms with E-state index >= 15 is 0 Å². The highest BCUT2D eigenvalue weighted by molar-refractivity contribution is 5.74. The van der Waals surface area contributed by atoms with Gasteiger partial charge in [0.15, 0.2) is 0 Å². The molecule has 4 nitrogen and oxygen atoms in total. The minimum atomic E-state index is -0.737. The molecule has 23 heavy (non-hydrogen) atoms. The van der Waals surface area contributed by atoms with Crippen LogP contribution in [0.25, 0.3) is 0 Å². The molecule has 0 saturated carbocycles. The van der Waals surface area contributed by atoms with E-state index in [1.54, 1.807) is 0 Å². The summed E-state index contributed by atoms with van der Waals surface area (Å²) in [6.45, 7) is 3.74. The Balaban J connectivity index is 1.65. The molecule has 1 heterocycles. The second kappa shape index (κ2) is 7.40. The number of nitrogens with zero attached hydrogens (tertiary/aromatic N) is 2. The third kappa shape index (κ3) is 4.18. The highest BCUT2D eigenvalue weighted by Crippen LogP contribution is 2.16. The van der Waals surface area contributed by atoms with Gasteiger partial charge in [0, 0.05) is 32.7 Å². The van der Waals surface area contributed by atoms with Crippen molar-refractivity contribution in [3.8, 4) is 0 Å². The summed E-state index contributed by atoms with van der Waals surface area (Å²) < 4.78 is 0. The zero-order valence-electron chi connectivity index (χ0n) is 13.1. The molecule has 1 fully saturated rings. The van der Waals surface area contributed by atoms with Gasteiger partial charge < -0.3 is 5.11 Å². The smallest absolute Gasteiger partial charge is 0.322 e. The van der Waals surface area contributed by atoms with Gasteiger partial charge >= 0.3 is 5.97 Å². The Morgan fingerprint density at radius 2 is 1.48 bits per heavy atom. The molecular formula is C19H22N2O2. The maximum atomic E-state index is 11.7. The number of carbonyl (C=O) groups is 1. The zero-order chi connectivity index (χ0) is 16.1. The van der Waals surface area contributed by atoms with E-state index in [1.165, 1.54) is 5.56 Å². The molecule has 1 saturated heterocycles. The van der Waals surface area contributed by atoms with E-state index < -0.39 is 12.0 Å². The van der Waals surface area contributed by atoms with Crippen molar-refractivity contribution in [2.45, 2.75) is 19.1 Å². The van der Waals surface area contributed by atoms with Gasteiger partial charge in [0.2, 0.25) is 0 Å². The minimum absolute atomic E-state index is 0.451. The quantitative estimate of drug-likeness (QED) is 0.921. The van der Waals surface area contributed by atoms with E-state index in [-0.39, 0.29) is 0 Å². The van der Waals surface area contributed by atoms with Crippen LogP contribution in [0.15, 0.2) is 60.7 Å². The van der Waals surface area contributed by atoms with Gasteiger partial charge in [0.1, 0.15) is 6.04 Å². The van der Waals surface area contributed by atoms with Crippen molar-refractivity contribution in [2.75, 3.05) is 19.6 Å².